The Labute approximate surface area is 361 Å². The van der Waals surface area contributed by atoms with Gasteiger partial charge in [0.05, 0.1) is 29.6 Å². The van der Waals surface area contributed by atoms with Gasteiger partial charge in [0, 0.05) is 42.7 Å². The summed E-state index contributed by atoms with van der Waals surface area (Å²) in [5.41, 5.74) is -7.20. The number of rotatable bonds is 10. The fourth-order valence-corrected chi connectivity index (χ4v) is 10.8. The number of carbonyl (C=O) groups is 6. The molecule has 4 aliphatic rings. The van der Waals surface area contributed by atoms with Gasteiger partial charge in [-0.25, -0.2) is 14.4 Å². The maximum Gasteiger partial charge on any atom is 0.338 e. The number of para-hydroxylation sites is 1. The van der Waals surface area contributed by atoms with Crippen molar-refractivity contribution < 1.29 is 67.8 Å². The minimum absolute atomic E-state index is 0.00457. The number of aliphatic hydroxyl groups excluding tert-OH is 2. The molecule has 1 aliphatic heterocycles. The molecule has 3 aromatic rings. The molecule has 11 atom stereocenters. The highest BCUT2D eigenvalue weighted by atomic mass is 32.1. The van der Waals surface area contributed by atoms with Gasteiger partial charge in [-0.2, -0.15) is 0 Å². The highest BCUT2D eigenvalue weighted by molar-refractivity contribution is 7.10. The van der Waals surface area contributed by atoms with Crippen molar-refractivity contribution >= 4 is 52.7 Å². The molecule has 0 radical (unpaired) electrons. The summed E-state index contributed by atoms with van der Waals surface area (Å²) in [5.74, 6) is -6.26. The predicted molar refractivity (Wildman–Crippen MR) is 220 cm³/mol. The quantitative estimate of drug-likeness (QED) is 0.109. The Morgan fingerprint density at radius 2 is 1.56 bits per heavy atom. The van der Waals surface area contributed by atoms with Crippen LogP contribution in [0.15, 0.2) is 89.3 Å². The van der Waals surface area contributed by atoms with Crippen molar-refractivity contribution in [2.24, 2.45) is 16.7 Å². The van der Waals surface area contributed by atoms with Crippen molar-refractivity contribution in [2.75, 3.05) is 11.9 Å². The highest BCUT2D eigenvalue weighted by Gasteiger charge is 2.78. The number of carbonyl (C=O) groups excluding carboxylic acids is 6. The summed E-state index contributed by atoms with van der Waals surface area (Å²) in [6, 6.07) is 17.6. The first-order valence-corrected chi connectivity index (χ1v) is 21.1. The number of hydrogen-bond acceptors (Lipinski definition) is 15. The summed E-state index contributed by atoms with van der Waals surface area (Å²) in [6.07, 6.45) is -10.5. The van der Waals surface area contributed by atoms with Crippen LogP contribution in [0.5, 0.6) is 0 Å². The van der Waals surface area contributed by atoms with Crippen molar-refractivity contribution in [1.82, 2.24) is 5.32 Å². The Balaban J connectivity index is 1.36. The number of urea groups is 1. The number of nitrogens with one attached hydrogen (secondary N) is 2. The number of ether oxygens (including phenoxy) is 5. The summed E-state index contributed by atoms with van der Waals surface area (Å²) in [6.45, 7) is 7.96. The number of esters is 4. The maximum absolute atomic E-state index is 15.5. The number of fused-ring (bicyclic) bond motifs is 5. The van der Waals surface area contributed by atoms with E-state index in [4.69, 9.17) is 23.7 Å². The second-order valence-electron chi connectivity index (χ2n) is 17.1. The summed E-state index contributed by atoms with van der Waals surface area (Å²) in [7, 11) is 0. The molecule has 2 heterocycles. The SMILES string of the molecule is CC(=O)OC1C(=O)[C@]2(C)C(O)CC3OC[C@@]3(OC(C)=O)C2C(OC(=O)c2ccccc2)C2(O)CC(OC(=O)C(O)C(NC(=O)Nc3ccccc3)c3cccs3)C(C)=C1C2(C)C. The van der Waals surface area contributed by atoms with E-state index >= 15 is 4.79 Å². The zero-order valence-electron chi connectivity index (χ0n) is 35.0. The zero-order valence-corrected chi connectivity index (χ0v) is 35.8. The van der Waals surface area contributed by atoms with E-state index in [0.29, 0.717) is 10.6 Å². The van der Waals surface area contributed by atoms with Crippen LogP contribution in [-0.2, 0) is 42.9 Å². The van der Waals surface area contributed by atoms with E-state index in [0.717, 1.165) is 25.2 Å². The molecule has 5 N–H and O–H groups in total. The highest BCUT2D eigenvalue weighted by Crippen LogP contribution is 2.64. The van der Waals surface area contributed by atoms with E-state index in [-0.39, 0.29) is 29.7 Å². The van der Waals surface area contributed by atoms with E-state index in [1.54, 1.807) is 79.9 Å². The zero-order chi connectivity index (χ0) is 44.9. The number of aliphatic hydroxyl groups is 3. The van der Waals surface area contributed by atoms with Gasteiger partial charge in [0.1, 0.15) is 30.0 Å². The van der Waals surface area contributed by atoms with Gasteiger partial charge in [-0.05, 0) is 60.7 Å². The van der Waals surface area contributed by atoms with E-state index in [1.807, 2.05) is 0 Å². The van der Waals surface area contributed by atoms with Crippen LogP contribution >= 0.6 is 11.3 Å². The maximum atomic E-state index is 15.5. The molecule has 2 bridgehead atoms. The van der Waals surface area contributed by atoms with E-state index in [9.17, 15) is 39.3 Å². The second-order valence-corrected chi connectivity index (χ2v) is 18.1. The van der Waals surface area contributed by atoms with Gasteiger partial charge in [-0.3, -0.25) is 14.4 Å². The fraction of sp³-hybridized carbons (Fsp3) is 0.467. The van der Waals surface area contributed by atoms with E-state index in [1.165, 1.54) is 26.0 Å². The van der Waals surface area contributed by atoms with Crippen molar-refractivity contribution in [3.05, 3.63) is 99.8 Å². The van der Waals surface area contributed by atoms with E-state index < -0.39 is 113 Å². The average molecular weight is 875 g/mol. The molecule has 62 heavy (non-hydrogen) atoms. The van der Waals surface area contributed by atoms with Crippen LogP contribution in [0.1, 0.15) is 75.7 Å². The fourth-order valence-electron chi connectivity index (χ4n) is 9.97. The Morgan fingerprint density at radius 1 is 0.903 bits per heavy atom. The van der Waals surface area contributed by atoms with Crippen molar-refractivity contribution in [1.29, 1.82) is 0 Å². The Bertz CT molecular complexity index is 2270. The molecular formula is C45H50N2O14S. The molecule has 3 aliphatic carbocycles. The molecule has 3 fully saturated rings. The smallest absolute Gasteiger partial charge is 0.338 e. The third-order valence-corrected chi connectivity index (χ3v) is 14.1. The van der Waals surface area contributed by atoms with Crippen LogP contribution in [0.25, 0.3) is 0 Å². The van der Waals surface area contributed by atoms with Crippen LogP contribution in [0, 0.1) is 16.7 Å². The van der Waals surface area contributed by atoms with Gasteiger partial charge in [0.2, 0.25) is 0 Å². The van der Waals surface area contributed by atoms with Gasteiger partial charge in [-0.15, -0.1) is 11.3 Å². The molecular weight excluding hydrogens is 825 g/mol. The molecule has 2 saturated carbocycles. The predicted octanol–water partition coefficient (Wildman–Crippen LogP) is 4.19. The first-order chi connectivity index (χ1) is 29.3. The topological polar surface area (TPSA) is 233 Å². The molecule has 17 heteroatoms. The van der Waals surface area contributed by atoms with Crippen LogP contribution in [0.2, 0.25) is 0 Å². The number of benzene rings is 2. The van der Waals surface area contributed by atoms with Crippen molar-refractivity contribution in [3.8, 4) is 0 Å². The number of amides is 2. The lowest BCUT2D eigenvalue weighted by Crippen LogP contribution is -2.82. The Kier molecular flexibility index (Phi) is 12.0. The van der Waals surface area contributed by atoms with Gasteiger partial charge >= 0.3 is 29.9 Å². The lowest BCUT2D eigenvalue weighted by Gasteiger charge is -2.67. The molecule has 1 aromatic heterocycles. The number of thiophene rings is 1. The second kappa shape index (κ2) is 16.7. The van der Waals surface area contributed by atoms with E-state index in [2.05, 4.69) is 10.6 Å². The molecule has 1 saturated heterocycles. The first kappa shape index (κ1) is 44.6. The Hall–Kier alpha value is -5.46. The summed E-state index contributed by atoms with van der Waals surface area (Å²) < 4.78 is 30.2. The third kappa shape index (κ3) is 7.48. The molecule has 16 nitrogen and oxygen atoms in total. The summed E-state index contributed by atoms with van der Waals surface area (Å²) in [4.78, 5) is 83.5. The Morgan fingerprint density at radius 3 is 2.15 bits per heavy atom. The molecule has 9 unspecified atom stereocenters. The largest absolute Gasteiger partial charge is 0.456 e. The van der Waals surface area contributed by atoms with Crippen LogP contribution < -0.4 is 10.6 Å². The first-order valence-electron chi connectivity index (χ1n) is 20.2. The minimum Gasteiger partial charge on any atom is -0.456 e. The number of Topliss-reactive ketones (excluding diaryl/α,β-unsaturated/α-hetero) is 1. The van der Waals surface area contributed by atoms with Crippen LogP contribution in [0.4, 0.5) is 10.5 Å². The van der Waals surface area contributed by atoms with Gasteiger partial charge < -0.3 is 49.6 Å². The number of hydrogen-bond donors (Lipinski definition) is 5. The van der Waals surface area contributed by atoms with Crippen LogP contribution in [0.3, 0.4) is 0 Å². The molecule has 0 spiro atoms. The van der Waals surface area contributed by atoms with Gasteiger partial charge in [0.15, 0.2) is 23.6 Å². The lowest BCUT2D eigenvalue weighted by atomic mass is 9.44. The van der Waals surface area contributed by atoms with Gasteiger partial charge in [-0.1, -0.05) is 56.3 Å². The monoisotopic (exact) mass is 874 g/mol. The molecule has 330 valence electrons. The van der Waals surface area contributed by atoms with Crippen molar-refractivity contribution in [3.63, 3.8) is 0 Å². The molecule has 7 rings (SSSR count). The minimum atomic E-state index is -2.39. The average Bonchev–Trinajstić information content (AvgIpc) is 3.76. The number of ketones is 1. The lowest BCUT2D eigenvalue weighted by molar-refractivity contribution is -0.346. The summed E-state index contributed by atoms with van der Waals surface area (Å²) >= 11 is 1.16. The molecule has 2 amide bonds. The standard InChI is InChI=1S/C45H50N2O14S/c1-23-28(59-40(54)34(51)33(29-18-13-19-62-29)47-41(55)46-27-16-11-8-12-17-27)21-45(56)38(60-39(53)26-14-9-7-10-15-26)36-43(6,30(50)20-31-44(36,22-57-31)61-25(3)49)37(52)35(58-24(2)48)32(23)42(45,4)5/h7-19,28,30-31,33-36,38,50-51,56H,20-22H2,1-6H3,(H2,46,47,55)/t28?,30?,31?,33?,34?,35?,36?,38?,43-,44+,45?/m1/s1. The van der Waals surface area contributed by atoms with Crippen molar-refractivity contribution in [2.45, 2.75) is 108 Å². The molecule has 2 aromatic carbocycles. The third-order valence-electron chi connectivity index (χ3n) is 13.2. The summed E-state index contributed by atoms with van der Waals surface area (Å²) in [5, 5.41) is 44.4. The van der Waals surface area contributed by atoms with Crippen LogP contribution in [-0.4, -0.2) is 105 Å². The van der Waals surface area contributed by atoms with Gasteiger partial charge in [0.25, 0.3) is 0 Å². The normalized spacial score (nSPS) is 31.9. The number of anilines is 1.